The first-order valence-corrected chi connectivity index (χ1v) is 4.86. The zero-order chi connectivity index (χ0) is 9.42. The summed E-state index contributed by atoms with van der Waals surface area (Å²) >= 11 is 9.17. The number of rotatable bonds is 0. The van der Waals surface area contributed by atoms with Crippen LogP contribution in [0.3, 0.4) is 0 Å². The number of nitrogens with one attached hydrogen (secondary N) is 2. The molecule has 2 N–H and O–H groups in total. The van der Waals surface area contributed by atoms with Crippen LogP contribution in [0.5, 0.6) is 0 Å². The molecule has 0 aromatic heterocycles. The van der Waals surface area contributed by atoms with Gasteiger partial charge in [0.15, 0.2) is 0 Å². The van der Waals surface area contributed by atoms with Crippen LogP contribution in [0.2, 0.25) is 5.02 Å². The molecular formula is C8H6BrClN2O. The summed E-state index contributed by atoms with van der Waals surface area (Å²) in [7, 11) is 0. The van der Waals surface area contributed by atoms with E-state index in [0.717, 1.165) is 15.8 Å². The molecule has 1 aliphatic heterocycles. The average Bonchev–Trinajstić information content (AvgIpc) is 2.08. The number of carbonyl (C=O) groups is 1. The minimum absolute atomic E-state index is 0.0501. The zero-order valence-electron chi connectivity index (χ0n) is 6.53. The molecule has 0 radical (unpaired) electrons. The first-order valence-electron chi connectivity index (χ1n) is 3.69. The van der Waals surface area contributed by atoms with Gasteiger partial charge in [-0.2, -0.15) is 0 Å². The van der Waals surface area contributed by atoms with Crippen LogP contribution in [-0.4, -0.2) is 12.5 Å². The number of fused-ring (bicyclic) bond motifs is 1. The molecule has 1 aromatic rings. The third kappa shape index (κ3) is 1.64. The second kappa shape index (κ2) is 3.20. The van der Waals surface area contributed by atoms with Crippen LogP contribution in [0.1, 0.15) is 0 Å². The summed E-state index contributed by atoms with van der Waals surface area (Å²) in [6.45, 7) is 0.307. The molecule has 1 aromatic carbocycles. The summed E-state index contributed by atoms with van der Waals surface area (Å²) in [4.78, 5) is 11.0. The fraction of sp³-hybridized carbons (Fsp3) is 0.125. The van der Waals surface area contributed by atoms with E-state index in [4.69, 9.17) is 11.6 Å². The Labute approximate surface area is 88.6 Å². The minimum Gasteiger partial charge on any atom is -0.374 e. The van der Waals surface area contributed by atoms with Crippen molar-refractivity contribution in [1.82, 2.24) is 0 Å². The highest BCUT2D eigenvalue weighted by Gasteiger charge is 2.15. The summed E-state index contributed by atoms with van der Waals surface area (Å²) in [5.41, 5.74) is 1.61. The molecule has 0 fully saturated rings. The predicted molar refractivity (Wildman–Crippen MR) is 56.3 cm³/mol. The van der Waals surface area contributed by atoms with Gasteiger partial charge in [-0.3, -0.25) is 4.79 Å². The molecule has 68 valence electrons. The van der Waals surface area contributed by atoms with Crippen molar-refractivity contribution in [2.75, 3.05) is 17.2 Å². The van der Waals surface area contributed by atoms with E-state index in [1.807, 2.05) is 6.07 Å². The molecule has 0 bridgehead atoms. The van der Waals surface area contributed by atoms with E-state index >= 15 is 0 Å². The van der Waals surface area contributed by atoms with Crippen molar-refractivity contribution in [3.05, 3.63) is 21.6 Å². The Bertz CT molecular complexity index is 381. The molecule has 0 aliphatic carbocycles. The topological polar surface area (TPSA) is 41.1 Å². The summed E-state index contributed by atoms with van der Waals surface area (Å²) in [6, 6.07) is 3.56. The lowest BCUT2D eigenvalue weighted by molar-refractivity contribution is -0.114. The molecule has 0 saturated carbocycles. The fourth-order valence-corrected chi connectivity index (χ4v) is 1.67. The van der Waals surface area contributed by atoms with E-state index in [9.17, 15) is 4.79 Å². The molecule has 1 aliphatic rings. The smallest absolute Gasteiger partial charge is 0.243 e. The molecule has 0 spiro atoms. The molecule has 3 nitrogen and oxygen atoms in total. The van der Waals surface area contributed by atoms with Crippen molar-refractivity contribution in [1.29, 1.82) is 0 Å². The highest BCUT2D eigenvalue weighted by atomic mass is 79.9. The van der Waals surface area contributed by atoms with Gasteiger partial charge in [0.05, 0.1) is 22.9 Å². The van der Waals surface area contributed by atoms with Gasteiger partial charge in [0.1, 0.15) is 0 Å². The maximum atomic E-state index is 11.0. The molecule has 0 saturated heterocycles. The Balaban J connectivity index is 2.49. The van der Waals surface area contributed by atoms with Crippen molar-refractivity contribution in [3.8, 4) is 0 Å². The average molecular weight is 262 g/mol. The Morgan fingerprint density at radius 1 is 1.38 bits per heavy atom. The van der Waals surface area contributed by atoms with Gasteiger partial charge in [-0.25, -0.2) is 0 Å². The van der Waals surface area contributed by atoms with Gasteiger partial charge in [0.2, 0.25) is 5.91 Å². The Morgan fingerprint density at radius 2 is 2.15 bits per heavy atom. The summed E-state index contributed by atoms with van der Waals surface area (Å²) in [6.07, 6.45) is 0. The molecule has 1 amide bonds. The molecule has 13 heavy (non-hydrogen) atoms. The number of anilines is 2. The maximum absolute atomic E-state index is 11.0. The van der Waals surface area contributed by atoms with E-state index in [1.165, 1.54) is 0 Å². The Morgan fingerprint density at radius 3 is 2.92 bits per heavy atom. The normalized spacial score (nSPS) is 14.5. The second-order valence-corrected chi connectivity index (χ2v) is 3.98. The number of carbonyl (C=O) groups excluding carboxylic acids is 1. The number of hydrogen-bond acceptors (Lipinski definition) is 2. The van der Waals surface area contributed by atoms with E-state index in [2.05, 4.69) is 26.6 Å². The molecule has 2 rings (SSSR count). The summed E-state index contributed by atoms with van der Waals surface area (Å²) < 4.78 is 0.816. The van der Waals surface area contributed by atoms with Crippen molar-refractivity contribution in [3.63, 3.8) is 0 Å². The Kier molecular flexibility index (Phi) is 2.17. The lowest BCUT2D eigenvalue weighted by atomic mass is 10.2. The van der Waals surface area contributed by atoms with Crippen LogP contribution in [-0.2, 0) is 4.79 Å². The molecular weight excluding hydrogens is 255 g/mol. The van der Waals surface area contributed by atoms with Gasteiger partial charge in [0, 0.05) is 4.47 Å². The predicted octanol–water partition coefficient (Wildman–Crippen LogP) is 2.47. The fourth-order valence-electron chi connectivity index (χ4n) is 1.17. The number of benzene rings is 1. The number of amides is 1. The third-order valence-corrected chi connectivity index (χ3v) is 2.97. The van der Waals surface area contributed by atoms with Crippen LogP contribution in [0, 0.1) is 0 Å². The molecule has 1 heterocycles. The lowest BCUT2D eigenvalue weighted by Gasteiger charge is -2.19. The first-order chi connectivity index (χ1) is 6.16. The minimum atomic E-state index is -0.0501. The van der Waals surface area contributed by atoms with Crippen LogP contribution < -0.4 is 10.6 Å². The van der Waals surface area contributed by atoms with Gasteiger partial charge in [-0.1, -0.05) is 11.6 Å². The Hall–Kier alpha value is -0.740. The standard InChI is InChI=1S/C8H6BrClN2O/c9-4-1-6-7(2-5(4)10)12-8(13)3-11-6/h1-2,11H,3H2,(H,12,13). The van der Waals surface area contributed by atoms with Crippen molar-refractivity contribution >= 4 is 44.8 Å². The highest BCUT2D eigenvalue weighted by molar-refractivity contribution is 9.10. The monoisotopic (exact) mass is 260 g/mol. The number of halogens is 2. The SMILES string of the molecule is O=C1CNc2cc(Br)c(Cl)cc2N1. The van der Waals surface area contributed by atoms with E-state index < -0.39 is 0 Å². The maximum Gasteiger partial charge on any atom is 0.243 e. The third-order valence-electron chi connectivity index (χ3n) is 1.77. The van der Waals surface area contributed by atoms with Crippen LogP contribution in [0.15, 0.2) is 16.6 Å². The zero-order valence-corrected chi connectivity index (χ0v) is 8.87. The summed E-state index contributed by atoms with van der Waals surface area (Å²) in [5, 5.41) is 6.29. The van der Waals surface area contributed by atoms with E-state index in [-0.39, 0.29) is 5.91 Å². The first kappa shape index (κ1) is 8.84. The van der Waals surface area contributed by atoms with Gasteiger partial charge >= 0.3 is 0 Å². The van der Waals surface area contributed by atoms with Crippen molar-refractivity contribution in [2.24, 2.45) is 0 Å². The van der Waals surface area contributed by atoms with Gasteiger partial charge < -0.3 is 10.6 Å². The molecule has 5 heteroatoms. The van der Waals surface area contributed by atoms with Gasteiger partial charge in [-0.15, -0.1) is 0 Å². The molecule has 0 unspecified atom stereocenters. The quantitative estimate of drug-likeness (QED) is 0.753. The van der Waals surface area contributed by atoms with Gasteiger partial charge in [0.25, 0.3) is 0 Å². The van der Waals surface area contributed by atoms with Crippen LogP contribution >= 0.6 is 27.5 Å². The van der Waals surface area contributed by atoms with Gasteiger partial charge in [-0.05, 0) is 28.1 Å². The highest BCUT2D eigenvalue weighted by Crippen LogP contribution is 2.33. The van der Waals surface area contributed by atoms with Crippen LogP contribution in [0.25, 0.3) is 0 Å². The van der Waals surface area contributed by atoms with Crippen molar-refractivity contribution in [2.45, 2.75) is 0 Å². The largest absolute Gasteiger partial charge is 0.374 e. The van der Waals surface area contributed by atoms with Crippen LogP contribution in [0.4, 0.5) is 11.4 Å². The molecule has 0 atom stereocenters. The second-order valence-electron chi connectivity index (χ2n) is 2.71. The number of hydrogen-bond donors (Lipinski definition) is 2. The van der Waals surface area contributed by atoms with E-state index in [1.54, 1.807) is 6.07 Å². The lowest BCUT2D eigenvalue weighted by Crippen LogP contribution is -2.27. The van der Waals surface area contributed by atoms with Crippen molar-refractivity contribution < 1.29 is 4.79 Å². The van der Waals surface area contributed by atoms with E-state index in [0.29, 0.717) is 11.6 Å². The summed E-state index contributed by atoms with van der Waals surface area (Å²) in [5.74, 6) is -0.0501.